The van der Waals surface area contributed by atoms with E-state index >= 15 is 0 Å². The summed E-state index contributed by atoms with van der Waals surface area (Å²) in [6, 6.07) is 5.25. The first-order valence-corrected chi connectivity index (χ1v) is 8.36. The third-order valence-electron chi connectivity index (χ3n) is 4.18. The first kappa shape index (κ1) is 17.7. The SMILES string of the molecule is CCN(C)C(=O)CN(Cc1cccc(C2CC2)c1F)C(=O)CCl. The highest BCUT2D eigenvalue weighted by Gasteiger charge is 2.28. The summed E-state index contributed by atoms with van der Waals surface area (Å²) in [5, 5.41) is 0. The third-order valence-corrected chi connectivity index (χ3v) is 4.41. The van der Waals surface area contributed by atoms with Crippen LogP contribution >= 0.6 is 11.6 Å². The van der Waals surface area contributed by atoms with E-state index in [1.807, 2.05) is 6.92 Å². The van der Waals surface area contributed by atoms with Crippen LogP contribution < -0.4 is 0 Å². The lowest BCUT2D eigenvalue weighted by Crippen LogP contribution is -2.41. The van der Waals surface area contributed by atoms with E-state index in [1.165, 1.54) is 9.80 Å². The number of halogens is 2. The van der Waals surface area contributed by atoms with Gasteiger partial charge in [0, 0.05) is 25.7 Å². The van der Waals surface area contributed by atoms with Gasteiger partial charge in [0.15, 0.2) is 0 Å². The van der Waals surface area contributed by atoms with Crippen LogP contribution in [0.2, 0.25) is 0 Å². The molecule has 0 unspecified atom stereocenters. The van der Waals surface area contributed by atoms with Crippen molar-refractivity contribution >= 4 is 23.4 Å². The summed E-state index contributed by atoms with van der Waals surface area (Å²) in [7, 11) is 1.67. The molecule has 0 aliphatic heterocycles. The third kappa shape index (κ3) is 4.44. The molecule has 1 saturated carbocycles. The maximum atomic E-state index is 14.6. The van der Waals surface area contributed by atoms with E-state index in [-0.39, 0.29) is 36.6 Å². The van der Waals surface area contributed by atoms with Crippen molar-refractivity contribution in [3.05, 3.63) is 35.1 Å². The number of amides is 2. The zero-order valence-corrected chi connectivity index (χ0v) is 14.3. The number of rotatable bonds is 7. The summed E-state index contributed by atoms with van der Waals surface area (Å²) in [6.45, 7) is 2.36. The molecule has 0 aromatic heterocycles. The van der Waals surface area contributed by atoms with Gasteiger partial charge in [0.05, 0.1) is 0 Å². The summed E-state index contributed by atoms with van der Waals surface area (Å²) < 4.78 is 14.6. The molecule has 0 bridgehead atoms. The van der Waals surface area contributed by atoms with Crippen molar-refractivity contribution in [3.63, 3.8) is 0 Å². The average molecular weight is 341 g/mol. The van der Waals surface area contributed by atoms with Gasteiger partial charge in [-0.3, -0.25) is 9.59 Å². The van der Waals surface area contributed by atoms with Crippen molar-refractivity contribution in [3.8, 4) is 0 Å². The number of carbonyl (C=O) groups excluding carboxylic acids is 2. The molecular formula is C17H22ClFN2O2. The molecule has 1 aliphatic rings. The van der Waals surface area contributed by atoms with Crippen molar-refractivity contribution < 1.29 is 14.0 Å². The smallest absolute Gasteiger partial charge is 0.241 e. The van der Waals surface area contributed by atoms with Gasteiger partial charge in [-0.05, 0) is 31.2 Å². The van der Waals surface area contributed by atoms with Crippen LogP contribution in [0, 0.1) is 5.82 Å². The van der Waals surface area contributed by atoms with Crippen LogP contribution in [0.5, 0.6) is 0 Å². The number of alkyl halides is 1. The van der Waals surface area contributed by atoms with Gasteiger partial charge < -0.3 is 9.80 Å². The molecule has 1 aliphatic carbocycles. The normalized spacial score (nSPS) is 13.7. The van der Waals surface area contributed by atoms with E-state index in [9.17, 15) is 14.0 Å². The molecule has 0 saturated heterocycles. The van der Waals surface area contributed by atoms with Crippen LogP contribution in [0.4, 0.5) is 4.39 Å². The highest BCUT2D eigenvalue weighted by atomic mass is 35.5. The maximum Gasteiger partial charge on any atom is 0.241 e. The summed E-state index contributed by atoms with van der Waals surface area (Å²) >= 11 is 5.63. The van der Waals surface area contributed by atoms with Crippen molar-refractivity contribution in [2.45, 2.75) is 32.2 Å². The average Bonchev–Trinajstić information content (AvgIpc) is 3.39. The first-order valence-electron chi connectivity index (χ1n) is 7.82. The van der Waals surface area contributed by atoms with E-state index in [4.69, 9.17) is 11.6 Å². The second kappa shape index (κ2) is 7.77. The van der Waals surface area contributed by atoms with Crippen LogP contribution in [0.1, 0.15) is 36.8 Å². The Kier molecular flexibility index (Phi) is 5.99. The summed E-state index contributed by atoms with van der Waals surface area (Å²) in [6.07, 6.45) is 2.01. The Bertz CT molecular complexity index is 590. The van der Waals surface area contributed by atoms with Crippen molar-refractivity contribution in [2.75, 3.05) is 26.0 Å². The molecule has 0 atom stereocenters. The highest BCUT2D eigenvalue weighted by molar-refractivity contribution is 6.27. The van der Waals surface area contributed by atoms with Gasteiger partial charge in [-0.1, -0.05) is 18.2 Å². The van der Waals surface area contributed by atoms with Gasteiger partial charge in [0.25, 0.3) is 0 Å². The van der Waals surface area contributed by atoms with Crippen LogP contribution in [0.3, 0.4) is 0 Å². The topological polar surface area (TPSA) is 40.6 Å². The minimum absolute atomic E-state index is 0.0568. The Morgan fingerprint density at radius 3 is 2.57 bits per heavy atom. The molecule has 1 aromatic rings. The van der Waals surface area contributed by atoms with Crippen molar-refractivity contribution in [1.82, 2.24) is 9.80 Å². The highest BCUT2D eigenvalue weighted by Crippen LogP contribution is 2.41. The van der Waals surface area contributed by atoms with E-state index < -0.39 is 0 Å². The monoisotopic (exact) mass is 340 g/mol. The van der Waals surface area contributed by atoms with Gasteiger partial charge in [0.1, 0.15) is 18.2 Å². The quantitative estimate of drug-likeness (QED) is 0.716. The summed E-state index contributed by atoms with van der Waals surface area (Å²) in [5.41, 5.74) is 1.14. The largest absolute Gasteiger partial charge is 0.345 e. The maximum absolute atomic E-state index is 14.6. The van der Waals surface area contributed by atoms with Gasteiger partial charge in [-0.15, -0.1) is 11.6 Å². The molecule has 0 spiro atoms. The van der Waals surface area contributed by atoms with Gasteiger partial charge in [0.2, 0.25) is 11.8 Å². The summed E-state index contributed by atoms with van der Waals surface area (Å²) in [4.78, 5) is 26.9. The van der Waals surface area contributed by atoms with Crippen LogP contribution in [0.25, 0.3) is 0 Å². The minimum Gasteiger partial charge on any atom is -0.345 e. The molecule has 6 heteroatoms. The van der Waals surface area contributed by atoms with Crippen LogP contribution in [-0.4, -0.2) is 47.6 Å². The first-order chi connectivity index (χ1) is 11.0. The fourth-order valence-electron chi connectivity index (χ4n) is 2.41. The standard InChI is InChI=1S/C17H22ClFN2O2/c1-3-20(2)16(23)11-21(15(22)9-18)10-13-5-4-6-14(17(13)19)12-7-8-12/h4-6,12H,3,7-11H2,1-2H3. The second-order valence-electron chi connectivity index (χ2n) is 5.89. The molecule has 1 fully saturated rings. The molecule has 1 aromatic carbocycles. The molecular weight excluding hydrogens is 319 g/mol. The Labute approximate surface area is 141 Å². The van der Waals surface area contributed by atoms with Crippen LogP contribution in [-0.2, 0) is 16.1 Å². The molecule has 0 radical (unpaired) electrons. The number of likely N-dealkylation sites (N-methyl/N-ethyl adjacent to an activating group) is 1. The zero-order chi connectivity index (χ0) is 17.0. The van der Waals surface area contributed by atoms with E-state index in [2.05, 4.69) is 0 Å². The van der Waals surface area contributed by atoms with E-state index in [0.717, 1.165) is 12.8 Å². The van der Waals surface area contributed by atoms with Gasteiger partial charge in [-0.2, -0.15) is 0 Å². The lowest BCUT2D eigenvalue weighted by molar-refractivity contribution is -0.138. The van der Waals surface area contributed by atoms with Gasteiger partial charge in [-0.25, -0.2) is 4.39 Å². The van der Waals surface area contributed by atoms with Crippen molar-refractivity contribution in [1.29, 1.82) is 0 Å². The number of hydrogen-bond donors (Lipinski definition) is 0. The zero-order valence-electron chi connectivity index (χ0n) is 13.5. The number of benzene rings is 1. The molecule has 2 rings (SSSR count). The predicted molar refractivity (Wildman–Crippen MR) is 87.8 cm³/mol. The Morgan fingerprint density at radius 2 is 2.00 bits per heavy atom. The number of hydrogen-bond acceptors (Lipinski definition) is 2. The number of carbonyl (C=O) groups is 2. The number of nitrogens with zero attached hydrogens (tertiary/aromatic N) is 2. The molecule has 0 heterocycles. The van der Waals surface area contributed by atoms with E-state index in [1.54, 1.807) is 25.2 Å². The Balaban J connectivity index is 2.16. The Hall–Kier alpha value is -1.62. The minimum atomic E-state index is -0.374. The summed E-state index contributed by atoms with van der Waals surface area (Å²) in [5.74, 6) is -0.767. The molecule has 2 amide bonds. The van der Waals surface area contributed by atoms with Crippen LogP contribution in [0.15, 0.2) is 18.2 Å². The fourth-order valence-corrected chi connectivity index (χ4v) is 2.58. The van der Waals surface area contributed by atoms with E-state index in [0.29, 0.717) is 23.6 Å². The lowest BCUT2D eigenvalue weighted by atomic mass is 10.1. The molecule has 126 valence electrons. The molecule has 0 N–H and O–H groups in total. The predicted octanol–water partition coefficient (Wildman–Crippen LogP) is 2.75. The van der Waals surface area contributed by atoms with Crippen molar-refractivity contribution in [2.24, 2.45) is 0 Å². The molecule has 23 heavy (non-hydrogen) atoms. The second-order valence-corrected chi connectivity index (χ2v) is 6.15. The molecule has 4 nitrogen and oxygen atoms in total. The fraction of sp³-hybridized carbons (Fsp3) is 0.529. The Morgan fingerprint density at radius 1 is 1.30 bits per heavy atom. The van der Waals surface area contributed by atoms with Gasteiger partial charge >= 0.3 is 0 Å². The lowest BCUT2D eigenvalue weighted by Gasteiger charge is -2.24.